The lowest BCUT2D eigenvalue weighted by Crippen LogP contribution is -2.45. The molecule has 1 heterocycles. The lowest BCUT2D eigenvalue weighted by atomic mass is 9.98. The molecule has 1 atom stereocenters. The predicted molar refractivity (Wildman–Crippen MR) is 114 cm³/mol. The van der Waals surface area contributed by atoms with Gasteiger partial charge in [-0.05, 0) is 51.3 Å². The van der Waals surface area contributed by atoms with Crippen LogP contribution in [0.3, 0.4) is 0 Å². The number of rotatable bonds is 5. The molecule has 0 radical (unpaired) electrons. The maximum Gasteiger partial charge on any atom is 0.410 e. The van der Waals surface area contributed by atoms with E-state index >= 15 is 0 Å². The van der Waals surface area contributed by atoms with Crippen LogP contribution in [0, 0.1) is 5.92 Å². The number of amides is 2. The fraction of sp³-hybridized carbons (Fsp3) is 0.571. The SMILES string of the molecule is CN(Cc1ccc(Cl)c(Cl)c1)C(=O)COC(=O)C1CCCN(C(=O)OC(C)(C)C)C1. The molecule has 30 heavy (non-hydrogen) atoms. The number of hydrogen-bond acceptors (Lipinski definition) is 5. The minimum atomic E-state index is -0.601. The summed E-state index contributed by atoms with van der Waals surface area (Å²) in [7, 11) is 1.61. The highest BCUT2D eigenvalue weighted by Gasteiger charge is 2.32. The van der Waals surface area contributed by atoms with E-state index < -0.39 is 23.6 Å². The number of carbonyl (C=O) groups excluding carboxylic acids is 3. The Morgan fingerprint density at radius 1 is 1.20 bits per heavy atom. The molecule has 2 amide bonds. The number of hydrogen-bond donors (Lipinski definition) is 0. The maximum atomic E-state index is 12.4. The summed E-state index contributed by atoms with van der Waals surface area (Å²) in [4.78, 5) is 39.9. The molecule has 1 fully saturated rings. The van der Waals surface area contributed by atoms with Gasteiger partial charge in [0.15, 0.2) is 6.61 Å². The van der Waals surface area contributed by atoms with Crippen molar-refractivity contribution in [2.24, 2.45) is 5.92 Å². The zero-order valence-corrected chi connectivity index (χ0v) is 19.3. The molecule has 1 aliphatic heterocycles. The number of piperidine rings is 1. The van der Waals surface area contributed by atoms with Crippen LogP contribution < -0.4 is 0 Å². The lowest BCUT2D eigenvalue weighted by molar-refractivity contribution is -0.156. The third kappa shape index (κ3) is 7.36. The predicted octanol–water partition coefficient (Wildman–Crippen LogP) is 4.14. The van der Waals surface area contributed by atoms with E-state index in [2.05, 4.69) is 0 Å². The molecule has 0 spiro atoms. The van der Waals surface area contributed by atoms with Crippen LogP contribution in [0.15, 0.2) is 18.2 Å². The first kappa shape index (κ1) is 24.3. The van der Waals surface area contributed by atoms with Crippen molar-refractivity contribution in [1.29, 1.82) is 0 Å². The fourth-order valence-corrected chi connectivity index (χ4v) is 3.34. The molecule has 1 aromatic carbocycles. The Labute approximate surface area is 187 Å². The summed E-state index contributed by atoms with van der Waals surface area (Å²) >= 11 is 11.9. The Kier molecular flexibility index (Phi) is 8.38. The summed E-state index contributed by atoms with van der Waals surface area (Å²) in [6.07, 6.45) is 0.827. The van der Waals surface area contributed by atoms with Crippen molar-refractivity contribution >= 4 is 41.2 Å². The van der Waals surface area contributed by atoms with Gasteiger partial charge >= 0.3 is 12.1 Å². The van der Waals surface area contributed by atoms with Gasteiger partial charge in [-0.3, -0.25) is 9.59 Å². The molecule has 9 heteroatoms. The number of likely N-dealkylation sites (tertiary alicyclic amines) is 1. The minimum absolute atomic E-state index is 0.223. The number of esters is 1. The van der Waals surface area contributed by atoms with Crippen LogP contribution >= 0.6 is 23.2 Å². The van der Waals surface area contributed by atoms with E-state index in [0.29, 0.717) is 36.0 Å². The molecule has 0 aromatic heterocycles. The number of halogens is 2. The molecule has 0 aliphatic carbocycles. The molecule has 1 aromatic rings. The standard InChI is InChI=1S/C21H28Cl2N2O5/c1-21(2,3)30-20(28)25-9-5-6-15(12-25)19(27)29-13-18(26)24(4)11-14-7-8-16(22)17(23)10-14/h7-8,10,15H,5-6,9,11-13H2,1-4H3. The van der Waals surface area contributed by atoms with Gasteiger partial charge in [0.05, 0.1) is 16.0 Å². The largest absolute Gasteiger partial charge is 0.455 e. The Morgan fingerprint density at radius 2 is 1.90 bits per heavy atom. The zero-order chi connectivity index (χ0) is 22.5. The Bertz CT molecular complexity index is 794. The summed E-state index contributed by atoms with van der Waals surface area (Å²) in [5.74, 6) is -1.30. The van der Waals surface area contributed by atoms with Crippen molar-refractivity contribution in [2.75, 3.05) is 26.7 Å². The fourth-order valence-electron chi connectivity index (χ4n) is 3.02. The highest BCUT2D eigenvalue weighted by molar-refractivity contribution is 6.42. The molecular weight excluding hydrogens is 431 g/mol. The van der Waals surface area contributed by atoms with Crippen LogP contribution in [-0.4, -0.2) is 60.1 Å². The van der Waals surface area contributed by atoms with Gasteiger partial charge in [0.1, 0.15) is 5.60 Å². The minimum Gasteiger partial charge on any atom is -0.455 e. The topological polar surface area (TPSA) is 76.2 Å². The monoisotopic (exact) mass is 458 g/mol. The smallest absolute Gasteiger partial charge is 0.410 e. The average Bonchev–Trinajstić information content (AvgIpc) is 2.67. The normalized spacial score (nSPS) is 16.7. The number of nitrogens with zero attached hydrogens (tertiary/aromatic N) is 2. The molecule has 0 N–H and O–H groups in total. The highest BCUT2D eigenvalue weighted by Crippen LogP contribution is 2.23. The molecule has 0 saturated carbocycles. The van der Waals surface area contributed by atoms with Crippen molar-refractivity contribution in [2.45, 2.75) is 45.8 Å². The summed E-state index contributed by atoms with van der Waals surface area (Å²) in [5, 5.41) is 0.851. The van der Waals surface area contributed by atoms with E-state index in [1.54, 1.807) is 46.0 Å². The van der Waals surface area contributed by atoms with Crippen molar-refractivity contribution < 1.29 is 23.9 Å². The maximum absolute atomic E-state index is 12.4. The van der Waals surface area contributed by atoms with Gasteiger partial charge in [-0.2, -0.15) is 0 Å². The summed E-state index contributed by atoms with van der Waals surface area (Å²) in [6, 6.07) is 5.13. The first-order valence-electron chi connectivity index (χ1n) is 9.78. The molecule has 1 unspecified atom stereocenters. The van der Waals surface area contributed by atoms with Crippen LogP contribution in [-0.2, 0) is 25.6 Å². The molecule has 0 bridgehead atoms. The zero-order valence-electron chi connectivity index (χ0n) is 17.7. The van der Waals surface area contributed by atoms with Crippen molar-refractivity contribution in [3.05, 3.63) is 33.8 Å². The Balaban J connectivity index is 1.82. The molecule has 1 aliphatic rings. The lowest BCUT2D eigenvalue weighted by Gasteiger charge is -2.33. The summed E-state index contributed by atoms with van der Waals surface area (Å²) in [6.45, 7) is 6.08. The number of carbonyl (C=O) groups is 3. The quantitative estimate of drug-likeness (QED) is 0.619. The second-order valence-corrected chi connectivity index (χ2v) is 9.19. The van der Waals surface area contributed by atoms with Gasteiger partial charge in [-0.25, -0.2) is 4.79 Å². The summed E-state index contributed by atoms with van der Waals surface area (Å²) < 4.78 is 10.6. The average molecular weight is 459 g/mol. The Morgan fingerprint density at radius 3 is 2.53 bits per heavy atom. The van der Waals surface area contributed by atoms with E-state index in [4.69, 9.17) is 32.7 Å². The van der Waals surface area contributed by atoms with E-state index in [0.717, 1.165) is 5.56 Å². The van der Waals surface area contributed by atoms with Crippen LogP contribution in [0.2, 0.25) is 10.0 Å². The van der Waals surface area contributed by atoms with Gasteiger partial charge < -0.3 is 19.3 Å². The van der Waals surface area contributed by atoms with Gasteiger partial charge in [0.2, 0.25) is 0 Å². The van der Waals surface area contributed by atoms with E-state index in [1.807, 2.05) is 0 Å². The van der Waals surface area contributed by atoms with Crippen LogP contribution in [0.5, 0.6) is 0 Å². The first-order chi connectivity index (χ1) is 14.0. The summed E-state index contributed by atoms with van der Waals surface area (Å²) in [5.41, 5.74) is 0.211. The second-order valence-electron chi connectivity index (χ2n) is 8.37. The first-order valence-corrected chi connectivity index (χ1v) is 10.5. The van der Waals surface area contributed by atoms with Crippen molar-refractivity contribution in [3.8, 4) is 0 Å². The van der Waals surface area contributed by atoms with Gasteiger partial charge in [-0.1, -0.05) is 29.3 Å². The van der Waals surface area contributed by atoms with Crippen molar-refractivity contribution in [1.82, 2.24) is 9.80 Å². The van der Waals surface area contributed by atoms with Crippen LogP contribution in [0.25, 0.3) is 0 Å². The van der Waals surface area contributed by atoms with E-state index in [1.165, 1.54) is 9.80 Å². The third-order valence-electron chi connectivity index (χ3n) is 4.57. The van der Waals surface area contributed by atoms with E-state index in [9.17, 15) is 14.4 Å². The molecule has 2 rings (SSSR count). The third-order valence-corrected chi connectivity index (χ3v) is 5.31. The van der Waals surface area contributed by atoms with Gasteiger partial charge in [0, 0.05) is 26.7 Å². The molecule has 1 saturated heterocycles. The molecule has 7 nitrogen and oxygen atoms in total. The molecule has 166 valence electrons. The highest BCUT2D eigenvalue weighted by atomic mass is 35.5. The van der Waals surface area contributed by atoms with Gasteiger partial charge in [0.25, 0.3) is 5.91 Å². The Hall–Kier alpha value is -1.99. The number of benzene rings is 1. The van der Waals surface area contributed by atoms with Crippen LogP contribution in [0.4, 0.5) is 4.79 Å². The van der Waals surface area contributed by atoms with Crippen molar-refractivity contribution in [3.63, 3.8) is 0 Å². The number of ether oxygens (including phenoxy) is 2. The number of likely N-dealkylation sites (N-methyl/N-ethyl adjacent to an activating group) is 1. The van der Waals surface area contributed by atoms with Gasteiger partial charge in [-0.15, -0.1) is 0 Å². The van der Waals surface area contributed by atoms with Crippen LogP contribution in [0.1, 0.15) is 39.2 Å². The molecular formula is C21H28Cl2N2O5. The second kappa shape index (κ2) is 10.4. The van der Waals surface area contributed by atoms with E-state index in [-0.39, 0.29) is 19.1 Å².